The molecule has 1 aromatic rings. The van der Waals surface area contributed by atoms with Crippen LogP contribution in [0.1, 0.15) is 35.7 Å². The summed E-state index contributed by atoms with van der Waals surface area (Å²) in [4.78, 5) is 11.5. The number of nitrogens with two attached hydrogens (primary N) is 1. The summed E-state index contributed by atoms with van der Waals surface area (Å²) in [5, 5.41) is 0. The molecular formula is C14H20N2O3S. The van der Waals surface area contributed by atoms with Gasteiger partial charge >= 0.3 is 0 Å². The van der Waals surface area contributed by atoms with Gasteiger partial charge in [-0.15, -0.1) is 0 Å². The van der Waals surface area contributed by atoms with Crippen LogP contribution in [0.4, 0.5) is 0 Å². The Hall–Kier alpha value is -1.40. The highest BCUT2D eigenvalue weighted by Crippen LogP contribution is 2.24. The van der Waals surface area contributed by atoms with Gasteiger partial charge in [-0.25, -0.2) is 8.42 Å². The minimum Gasteiger partial charge on any atom is -0.366 e. The number of aryl methyl sites for hydroxylation is 1. The molecule has 1 aliphatic heterocycles. The Labute approximate surface area is 119 Å². The maximum Gasteiger partial charge on any atom is 0.249 e. The monoisotopic (exact) mass is 296 g/mol. The van der Waals surface area contributed by atoms with Crippen LogP contribution in [-0.4, -0.2) is 31.7 Å². The van der Waals surface area contributed by atoms with Crippen LogP contribution < -0.4 is 5.73 Å². The first-order valence-electron chi connectivity index (χ1n) is 6.73. The molecule has 1 saturated heterocycles. The Morgan fingerprint density at radius 2 is 1.90 bits per heavy atom. The second-order valence-electron chi connectivity index (χ2n) is 5.43. The zero-order chi connectivity index (χ0) is 14.9. The molecule has 1 heterocycles. The van der Waals surface area contributed by atoms with E-state index in [1.807, 2.05) is 0 Å². The second-order valence-corrected chi connectivity index (χ2v) is 7.37. The third kappa shape index (κ3) is 2.86. The molecule has 1 fully saturated rings. The van der Waals surface area contributed by atoms with Crippen molar-refractivity contribution in [2.45, 2.75) is 31.6 Å². The number of nitrogens with zero attached hydrogens (tertiary/aromatic N) is 1. The molecule has 0 radical (unpaired) electrons. The van der Waals surface area contributed by atoms with E-state index >= 15 is 0 Å². The van der Waals surface area contributed by atoms with Crippen LogP contribution in [0, 0.1) is 12.8 Å². The number of hydrogen-bond acceptors (Lipinski definition) is 3. The van der Waals surface area contributed by atoms with Gasteiger partial charge in [0, 0.05) is 18.7 Å². The first-order valence-corrected chi connectivity index (χ1v) is 8.17. The quantitative estimate of drug-likeness (QED) is 0.918. The zero-order valence-corrected chi connectivity index (χ0v) is 12.6. The molecule has 0 aliphatic carbocycles. The standard InChI is InChI=1S/C14H20N2O3S/c1-10-5-7-16(8-6-10)20(18,19)12-4-3-11(2)13(9-12)14(15)17/h3-4,9-10H,5-8H2,1-2H3,(H2,15,17). The highest BCUT2D eigenvalue weighted by Gasteiger charge is 2.28. The molecule has 0 bridgehead atoms. The normalized spacial score (nSPS) is 18.1. The summed E-state index contributed by atoms with van der Waals surface area (Å²) in [5.74, 6) is -0.0486. The minimum atomic E-state index is -3.53. The molecule has 0 aromatic heterocycles. The van der Waals surface area contributed by atoms with Crippen molar-refractivity contribution in [2.75, 3.05) is 13.1 Å². The number of hydrogen-bond donors (Lipinski definition) is 1. The van der Waals surface area contributed by atoms with Gasteiger partial charge < -0.3 is 5.73 Å². The van der Waals surface area contributed by atoms with E-state index in [0.29, 0.717) is 24.6 Å². The molecule has 5 nitrogen and oxygen atoms in total. The smallest absolute Gasteiger partial charge is 0.249 e. The molecule has 0 unspecified atom stereocenters. The Bertz CT molecular complexity index is 617. The number of sulfonamides is 1. The Morgan fingerprint density at radius 3 is 2.45 bits per heavy atom. The number of primary amides is 1. The van der Waals surface area contributed by atoms with Crippen molar-refractivity contribution in [3.05, 3.63) is 29.3 Å². The van der Waals surface area contributed by atoms with Crippen LogP contribution in [0.2, 0.25) is 0 Å². The number of amides is 1. The van der Waals surface area contributed by atoms with Gasteiger partial charge in [0.15, 0.2) is 0 Å². The van der Waals surface area contributed by atoms with E-state index in [4.69, 9.17) is 5.73 Å². The summed E-state index contributed by atoms with van der Waals surface area (Å²) in [6.07, 6.45) is 1.74. The summed E-state index contributed by atoms with van der Waals surface area (Å²) in [5.41, 5.74) is 6.22. The largest absolute Gasteiger partial charge is 0.366 e. The van der Waals surface area contributed by atoms with Crippen LogP contribution in [0.25, 0.3) is 0 Å². The fourth-order valence-electron chi connectivity index (χ4n) is 2.40. The molecule has 0 saturated carbocycles. The molecule has 1 amide bonds. The van der Waals surface area contributed by atoms with Crippen LogP contribution in [0.3, 0.4) is 0 Å². The van der Waals surface area contributed by atoms with Crippen molar-refractivity contribution in [3.8, 4) is 0 Å². The summed E-state index contributed by atoms with van der Waals surface area (Å²) in [7, 11) is -3.53. The Balaban J connectivity index is 2.35. The molecule has 110 valence electrons. The summed E-state index contributed by atoms with van der Waals surface area (Å²) < 4.78 is 26.6. The molecule has 20 heavy (non-hydrogen) atoms. The van der Waals surface area contributed by atoms with Crippen molar-refractivity contribution < 1.29 is 13.2 Å². The Morgan fingerprint density at radius 1 is 1.30 bits per heavy atom. The average Bonchev–Trinajstić information content (AvgIpc) is 2.39. The van der Waals surface area contributed by atoms with Gasteiger partial charge in [-0.05, 0) is 43.4 Å². The van der Waals surface area contributed by atoms with Gasteiger partial charge in [-0.2, -0.15) is 4.31 Å². The zero-order valence-electron chi connectivity index (χ0n) is 11.8. The summed E-state index contributed by atoms with van der Waals surface area (Å²) >= 11 is 0. The van der Waals surface area contributed by atoms with E-state index in [2.05, 4.69) is 6.92 Å². The van der Waals surface area contributed by atoms with E-state index < -0.39 is 15.9 Å². The number of benzene rings is 1. The van der Waals surface area contributed by atoms with Crippen molar-refractivity contribution in [1.29, 1.82) is 0 Å². The third-order valence-electron chi connectivity index (χ3n) is 3.85. The van der Waals surface area contributed by atoms with Gasteiger partial charge in [0.25, 0.3) is 0 Å². The lowest BCUT2D eigenvalue weighted by Crippen LogP contribution is -2.38. The van der Waals surface area contributed by atoms with Crippen LogP contribution in [0.5, 0.6) is 0 Å². The molecule has 2 rings (SSSR count). The molecular weight excluding hydrogens is 276 g/mol. The van der Waals surface area contributed by atoms with Crippen LogP contribution in [-0.2, 0) is 10.0 Å². The number of piperidine rings is 1. The first-order chi connectivity index (χ1) is 9.32. The lowest BCUT2D eigenvalue weighted by atomic mass is 10.0. The van der Waals surface area contributed by atoms with E-state index in [9.17, 15) is 13.2 Å². The topological polar surface area (TPSA) is 80.5 Å². The molecule has 1 aromatic carbocycles. The highest BCUT2D eigenvalue weighted by molar-refractivity contribution is 7.89. The predicted octanol–water partition coefficient (Wildman–Crippen LogP) is 1.51. The van der Waals surface area contributed by atoms with E-state index in [1.54, 1.807) is 13.0 Å². The first kappa shape index (κ1) is 15.0. The maximum absolute atomic E-state index is 12.6. The van der Waals surface area contributed by atoms with Crippen molar-refractivity contribution in [1.82, 2.24) is 4.31 Å². The lowest BCUT2D eigenvalue weighted by molar-refractivity contribution is 0.0999. The highest BCUT2D eigenvalue weighted by atomic mass is 32.2. The van der Waals surface area contributed by atoms with Gasteiger partial charge in [0.05, 0.1) is 4.90 Å². The van der Waals surface area contributed by atoms with Crippen LogP contribution in [0.15, 0.2) is 23.1 Å². The van der Waals surface area contributed by atoms with Gasteiger partial charge in [0.1, 0.15) is 0 Å². The van der Waals surface area contributed by atoms with Crippen molar-refractivity contribution in [2.24, 2.45) is 11.7 Å². The van der Waals surface area contributed by atoms with Gasteiger partial charge in [0.2, 0.25) is 15.9 Å². The van der Waals surface area contributed by atoms with Crippen molar-refractivity contribution >= 4 is 15.9 Å². The fraction of sp³-hybridized carbons (Fsp3) is 0.500. The minimum absolute atomic E-state index is 0.145. The number of rotatable bonds is 3. The number of carbonyl (C=O) groups is 1. The molecule has 1 aliphatic rings. The summed E-state index contributed by atoms with van der Waals surface area (Å²) in [6.45, 7) is 4.92. The summed E-state index contributed by atoms with van der Waals surface area (Å²) in [6, 6.07) is 4.54. The molecule has 0 atom stereocenters. The van der Waals surface area contributed by atoms with Crippen molar-refractivity contribution in [3.63, 3.8) is 0 Å². The van der Waals surface area contributed by atoms with Gasteiger partial charge in [-0.1, -0.05) is 13.0 Å². The average molecular weight is 296 g/mol. The van der Waals surface area contributed by atoms with Gasteiger partial charge in [-0.3, -0.25) is 4.79 Å². The lowest BCUT2D eigenvalue weighted by Gasteiger charge is -2.29. The SMILES string of the molecule is Cc1ccc(S(=O)(=O)N2CCC(C)CC2)cc1C(N)=O. The second kappa shape index (κ2) is 5.54. The molecule has 2 N–H and O–H groups in total. The van der Waals surface area contributed by atoms with E-state index in [0.717, 1.165) is 12.8 Å². The Kier molecular flexibility index (Phi) is 4.15. The third-order valence-corrected chi connectivity index (χ3v) is 5.75. The number of carbonyl (C=O) groups excluding carboxylic acids is 1. The fourth-order valence-corrected chi connectivity index (χ4v) is 3.90. The molecule has 0 spiro atoms. The maximum atomic E-state index is 12.6. The van der Waals surface area contributed by atoms with Crippen LogP contribution >= 0.6 is 0 Å². The van der Waals surface area contributed by atoms with E-state index in [1.165, 1.54) is 16.4 Å². The predicted molar refractivity (Wildman–Crippen MR) is 76.9 cm³/mol. The van der Waals surface area contributed by atoms with E-state index in [-0.39, 0.29) is 10.5 Å². The molecule has 6 heteroatoms.